The predicted molar refractivity (Wildman–Crippen MR) is 110 cm³/mol. The Morgan fingerprint density at radius 3 is 2.76 bits per heavy atom. The summed E-state index contributed by atoms with van der Waals surface area (Å²) in [6.45, 7) is 5.75. The lowest BCUT2D eigenvalue weighted by molar-refractivity contribution is -0.115. The summed E-state index contributed by atoms with van der Waals surface area (Å²) in [6, 6.07) is 10.8. The molecule has 0 spiro atoms. The second kappa shape index (κ2) is 8.24. The van der Waals surface area contributed by atoms with Crippen molar-refractivity contribution in [2.45, 2.75) is 26.3 Å². The van der Waals surface area contributed by atoms with Crippen LogP contribution in [-0.4, -0.2) is 33.1 Å². The molecular formula is C20H20N6O2S. The summed E-state index contributed by atoms with van der Waals surface area (Å²) in [5.74, 6) is -0.809. The minimum absolute atomic E-state index is 0.194. The van der Waals surface area contributed by atoms with Gasteiger partial charge in [-0.05, 0) is 39.0 Å². The van der Waals surface area contributed by atoms with Crippen molar-refractivity contribution >= 4 is 28.3 Å². The number of hydrogen-bond donors (Lipinski definition) is 2. The highest BCUT2D eigenvalue weighted by molar-refractivity contribution is 7.14. The van der Waals surface area contributed by atoms with Gasteiger partial charge in [0, 0.05) is 17.1 Å². The van der Waals surface area contributed by atoms with Gasteiger partial charge in [-0.2, -0.15) is 10.4 Å². The number of rotatable bonds is 5. The largest absolute Gasteiger partial charge is 0.342 e. The number of hydrogen-bond acceptors (Lipinski definition) is 6. The van der Waals surface area contributed by atoms with Crippen molar-refractivity contribution in [3.63, 3.8) is 0 Å². The van der Waals surface area contributed by atoms with Crippen LogP contribution in [0.4, 0.5) is 5.13 Å². The van der Waals surface area contributed by atoms with E-state index in [2.05, 4.69) is 26.8 Å². The van der Waals surface area contributed by atoms with Crippen molar-refractivity contribution in [1.29, 1.82) is 5.26 Å². The highest BCUT2D eigenvalue weighted by atomic mass is 32.1. The highest BCUT2D eigenvalue weighted by Crippen LogP contribution is 2.25. The molecule has 3 rings (SSSR count). The molecule has 2 N–H and O–H groups in total. The monoisotopic (exact) mass is 408 g/mol. The van der Waals surface area contributed by atoms with Gasteiger partial charge in [-0.25, -0.2) is 4.98 Å². The van der Waals surface area contributed by atoms with Crippen LogP contribution >= 0.6 is 11.3 Å². The van der Waals surface area contributed by atoms with Crippen molar-refractivity contribution in [2.75, 3.05) is 11.9 Å². The van der Waals surface area contributed by atoms with E-state index in [0.29, 0.717) is 16.4 Å². The molecule has 148 valence electrons. The van der Waals surface area contributed by atoms with E-state index in [1.165, 1.54) is 11.3 Å². The second-order valence-electron chi connectivity index (χ2n) is 7.28. The first-order valence-electron chi connectivity index (χ1n) is 8.86. The Bertz CT molecular complexity index is 1090. The zero-order chi connectivity index (χ0) is 21.0. The number of anilines is 1. The summed E-state index contributed by atoms with van der Waals surface area (Å²) in [5, 5.41) is 20.7. The van der Waals surface area contributed by atoms with Gasteiger partial charge in [0.2, 0.25) is 5.91 Å². The van der Waals surface area contributed by atoms with Crippen LogP contribution in [0.2, 0.25) is 0 Å². The molecule has 0 saturated carbocycles. The minimum Gasteiger partial charge on any atom is -0.342 e. The Morgan fingerprint density at radius 1 is 1.28 bits per heavy atom. The van der Waals surface area contributed by atoms with Gasteiger partial charge in [-0.1, -0.05) is 12.1 Å². The number of carbonyl (C=O) groups excluding carboxylic acids is 2. The molecule has 1 aromatic carbocycles. The third kappa shape index (κ3) is 5.06. The van der Waals surface area contributed by atoms with Crippen LogP contribution < -0.4 is 10.6 Å². The number of nitriles is 1. The fourth-order valence-corrected chi connectivity index (χ4v) is 3.18. The van der Waals surface area contributed by atoms with Crippen LogP contribution in [0.1, 0.15) is 36.8 Å². The van der Waals surface area contributed by atoms with Crippen LogP contribution in [0.25, 0.3) is 11.3 Å². The van der Waals surface area contributed by atoms with Crippen LogP contribution in [0.5, 0.6) is 0 Å². The van der Waals surface area contributed by atoms with E-state index in [-0.39, 0.29) is 23.7 Å². The molecule has 0 saturated heterocycles. The van der Waals surface area contributed by atoms with Crippen LogP contribution in [0.3, 0.4) is 0 Å². The van der Waals surface area contributed by atoms with Crippen molar-refractivity contribution in [1.82, 2.24) is 20.1 Å². The zero-order valence-corrected chi connectivity index (χ0v) is 17.1. The van der Waals surface area contributed by atoms with Gasteiger partial charge in [-0.3, -0.25) is 14.3 Å². The Morgan fingerprint density at radius 2 is 2.07 bits per heavy atom. The highest BCUT2D eigenvalue weighted by Gasteiger charge is 2.17. The van der Waals surface area contributed by atoms with Gasteiger partial charge in [0.25, 0.3) is 5.91 Å². The number of benzene rings is 1. The van der Waals surface area contributed by atoms with Crippen molar-refractivity contribution in [2.24, 2.45) is 0 Å². The lowest BCUT2D eigenvalue weighted by Crippen LogP contribution is -2.33. The van der Waals surface area contributed by atoms with Crippen molar-refractivity contribution in [3.8, 4) is 17.3 Å². The summed E-state index contributed by atoms with van der Waals surface area (Å²) in [7, 11) is 0. The number of nitrogens with one attached hydrogen (secondary N) is 2. The molecule has 2 aromatic heterocycles. The van der Waals surface area contributed by atoms with Gasteiger partial charge in [0.1, 0.15) is 5.69 Å². The molecule has 8 nitrogen and oxygen atoms in total. The fourth-order valence-electron chi connectivity index (χ4n) is 2.45. The third-order valence-electron chi connectivity index (χ3n) is 3.96. The molecule has 9 heteroatoms. The quantitative estimate of drug-likeness (QED) is 0.674. The first-order valence-corrected chi connectivity index (χ1v) is 9.74. The third-order valence-corrected chi connectivity index (χ3v) is 4.71. The molecule has 0 aliphatic carbocycles. The summed E-state index contributed by atoms with van der Waals surface area (Å²) in [4.78, 5) is 28.7. The van der Waals surface area contributed by atoms with Gasteiger partial charge in [0.15, 0.2) is 5.13 Å². The van der Waals surface area contributed by atoms with Crippen LogP contribution in [-0.2, 0) is 10.3 Å². The SMILES string of the molecule is CC(C)(C)n1ccc(C(=O)NCC(=O)Nc2nc(-c3cccc(C#N)c3)cs2)n1. The lowest BCUT2D eigenvalue weighted by atomic mass is 10.1. The molecule has 29 heavy (non-hydrogen) atoms. The number of thiazole rings is 1. The zero-order valence-electron chi connectivity index (χ0n) is 16.3. The number of aromatic nitrogens is 3. The number of amides is 2. The van der Waals surface area contributed by atoms with E-state index in [1.807, 2.05) is 26.8 Å². The summed E-state index contributed by atoms with van der Waals surface area (Å²) >= 11 is 1.27. The van der Waals surface area contributed by atoms with Crippen LogP contribution in [0.15, 0.2) is 41.9 Å². The van der Waals surface area contributed by atoms with Gasteiger partial charge in [-0.15, -0.1) is 11.3 Å². The van der Waals surface area contributed by atoms with Crippen LogP contribution in [0, 0.1) is 11.3 Å². The Hall–Kier alpha value is -3.51. The Balaban J connectivity index is 1.56. The van der Waals surface area contributed by atoms with Gasteiger partial charge in [0.05, 0.1) is 29.4 Å². The molecule has 0 aliphatic heterocycles. The van der Waals surface area contributed by atoms with Crippen molar-refractivity contribution < 1.29 is 9.59 Å². The van der Waals surface area contributed by atoms with E-state index >= 15 is 0 Å². The van der Waals surface area contributed by atoms with E-state index in [0.717, 1.165) is 5.56 Å². The van der Waals surface area contributed by atoms with Gasteiger partial charge >= 0.3 is 0 Å². The molecule has 0 atom stereocenters. The average molecular weight is 408 g/mol. The van der Waals surface area contributed by atoms with Gasteiger partial charge < -0.3 is 10.6 Å². The average Bonchev–Trinajstić information content (AvgIpc) is 3.36. The molecule has 2 heterocycles. The van der Waals surface area contributed by atoms with E-state index in [1.54, 1.807) is 40.5 Å². The normalized spacial score (nSPS) is 11.0. The number of carbonyl (C=O) groups is 2. The maximum Gasteiger partial charge on any atom is 0.272 e. The smallest absolute Gasteiger partial charge is 0.272 e. The van der Waals surface area contributed by atoms with Crippen molar-refractivity contribution in [3.05, 3.63) is 53.2 Å². The van der Waals surface area contributed by atoms with E-state index in [4.69, 9.17) is 5.26 Å². The molecule has 0 aliphatic rings. The van der Waals surface area contributed by atoms with E-state index in [9.17, 15) is 9.59 Å². The first kappa shape index (κ1) is 20.2. The first-order chi connectivity index (χ1) is 13.8. The molecule has 0 unspecified atom stereocenters. The minimum atomic E-state index is -0.420. The summed E-state index contributed by atoms with van der Waals surface area (Å²) < 4.78 is 1.69. The maximum absolute atomic E-state index is 12.2. The maximum atomic E-state index is 12.2. The molecule has 0 fully saturated rings. The summed E-state index contributed by atoms with van der Waals surface area (Å²) in [5.41, 5.74) is 2.02. The molecule has 2 amide bonds. The second-order valence-corrected chi connectivity index (χ2v) is 8.14. The molecule has 3 aromatic rings. The summed E-state index contributed by atoms with van der Waals surface area (Å²) in [6.07, 6.45) is 1.73. The molecular weight excluding hydrogens is 388 g/mol. The predicted octanol–water partition coefficient (Wildman–Crippen LogP) is 3.00. The fraction of sp³-hybridized carbons (Fsp3) is 0.250. The lowest BCUT2D eigenvalue weighted by Gasteiger charge is -2.18. The molecule has 0 bridgehead atoms. The number of nitrogens with zero attached hydrogens (tertiary/aromatic N) is 4. The Labute approximate surface area is 172 Å². The molecule has 0 radical (unpaired) electrons. The topological polar surface area (TPSA) is 113 Å². The van der Waals surface area contributed by atoms with E-state index < -0.39 is 5.91 Å². The Kier molecular flexibility index (Phi) is 5.75. The standard InChI is InChI=1S/C20H20N6O2S/c1-20(2,3)26-8-7-15(25-26)18(28)22-11-17(27)24-19-23-16(12-29-19)14-6-4-5-13(9-14)10-21/h4-9,12H,11H2,1-3H3,(H,22,28)(H,23,24,27).